The first-order valence-corrected chi connectivity index (χ1v) is 9.94. The van der Waals surface area contributed by atoms with E-state index in [-0.39, 0.29) is 28.5 Å². The summed E-state index contributed by atoms with van der Waals surface area (Å²) in [6.07, 6.45) is 5.31. The number of furan rings is 1. The van der Waals surface area contributed by atoms with Gasteiger partial charge in [0.1, 0.15) is 11.3 Å². The Bertz CT molecular complexity index is 1380. The number of carbonyl (C=O) groups is 2. The second-order valence-electron chi connectivity index (χ2n) is 6.95. The van der Waals surface area contributed by atoms with E-state index in [1.165, 1.54) is 30.4 Å². The van der Waals surface area contributed by atoms with Crippen LogP contribution < -0.4 is 4.74 Å². The van der Waals surface area contributed by atoms with Crippen LogP contribution in [0.5, 0.6) is 5.75 Å². The molecule has 0 amide bonds. The molecule has 0 atom stereocenters. The summed E-state index contributed by atoms with van der Waals surface area (Å²) >= 11 is 0. The predicted octanol–water partition coefficient (Wildman–Crippen LogP) is 5.86. The van der Waals surface area contributed by atoms with Crippen LogP contribution in [-0.2, 0) is 4.79 Å². The predicted molar refractivity (Wildman–Crippen MR) is 124 cm³/mol. The Labute approximate surface area is 188 Å². The smallest absolute Gasteiger partial charge is 0.336 e. The highest BCUT2D eigenvalue weighted by molar-refractivity contribution is 6.07. The maximum absolute atomic E-state index is 12.5. The highest BCUT2D eigenvalue weighted by Gasteiger charge is 2.12. The summed E-state index contributed by atoms with van der Waals surface area (Å²) in [5, 5.41) is 11.9. The molecule has 0 radical (unpaired) electrons. The standard InChI is InChI=1S/C26H17NO6/c28-22(25-17-20-9-3-6-12-24(20)32-25)15-13-19-8-2-5-11-23(19)33-26(29)16-14-18-7-1-4-10-21(18)27(30)31/h1-17H/b15-13+,16-14+. The van der Waals surface area contributed by atoms with Gasteiger partial charge in [-0.25, -0.2) is 4.79 Å². The van der Waals surface area contributed by atoms with Gasteiger partial charge in [-0.2, -0.15) is 0 Å². The first-order valence-electron chi connectivity index (χ1n) is 9.94. The van der Waals surface area contributed by atoms with Gasteiger partial charge in [0.2, 0.25) is 5.78 Å². The number of ether oxygens (including phenoxy) is 1. The summed E-state index contributed by atoms with van der Waals surface area (Å²) in [5.41, 5.74) is 1.29. The molecule has 162 valence electrons. The normalized spacial score (nSPS) is 11.3. The lowest BCUT2D eigenvalue weighted by molar-refractivity contribution is -0.385. The van der Waals surface area contributed by atoms with Crippen molar-refractivity contribution in [2.45, 2.75) is 0 Å². The summed E-state index contributed by atoms with van der Waals surface area (Å²) in [6.45, 7) is 0. The molecule has 33 heavy (non-hydrogen) atoms. The minimum Gasteiger partial charge on any atom is -0.453 e. The van der Waals surface area contributed by atoms with Gasteiger partial charge in [0.25, 0.3) is 5.69 Å². The van der Waals surface area contributed by atoms with Gasteiger partial charge in [-0.3, -0.25) is 14.9 Å². The summed E-state index contributed by atoms with van der Waals surface area (Å²) in [6, 6.07) is 21.8. The Kier molecular flexibility index (Phi) is 6.22. The lowest BCUT2D eigenvalue weighted by Crippen LogP contribution is -2.05. The molecule has 0 aliphatic heterocycles. The van der Waals surface area contributed by atoms with Crippen LogP contribution >= 0.6 is 0 Å². The van der Waals surface area contributed by atoms with Crippen molar-refractivity contribution in [1.82, 2.24) is 0 Å². The number of nitro groups is 1. The first kappa shape index (κ1) is 21.5. The van der Waals surface area contributed by atoms with Gasteiger partial charge in [-0.05, 0) is 42.5 Å². The molecule has 1 aromatic heterocycles. The average Bonchev–Trinajstić information content (AvgIpc) is 3.26. The van der Waals surface area contributed by atoms with Crippen molar-refractivity contribution >= 4 is 40.6 Å². The monoisotopic (exact) mass is 439 g/mol. The Morgan fingerprint density at radius 1 is 0.848 bits per heavy atom. The quantitative estimate of drug-likeness (QED) is 0.0893. The van der Waals surface area contributed by atoms with Crippen molar-refractivity contribution < 1.29 is 23.7 Å². The molecule has 7 heteroatoms. The lowest BCUT2D eigenvalue weighted by Gasteiger charge is -2.05. The second kappa shape index (κ2) is 9.57. The van der Waals surface area contributed by atoms with E-state index in [0.717, 1.165) is 11.5 Å². The van der Waals surface area contributed by atoms with E-state index < -0.39 is 10.9 Å². The van der Waals surface area contributed by atoms with Crippen LogP contribution in [0.2, 0.25) is 0 Å². The molecule has 0 saturated heterocycles. The van der Waals surface area contributed by atoms with E-state index in [0.29, 0.717) is 11.1 Å². The van der Waals surface area contributed by atoms with Crippen molar-refractivity contribution in [2.75, 3.05) is 0 Å². The maximum atomic E-state index is 12.5. The molecule has 0 aliphatic rings. The molecular weight excluding hydrogens is 422 g/mol. The molecule has 0 N–H and O–H groups in total. The van der Waals surface area contributed by atoms with E-state index in [4.69, 9.17) is 9.15 Å². The zero-order valence-corrected chi connectivity index (χ0v) is 17.2. The summed E-state index contributed by atoms with van der Waals surface area (Å²) in [7, 11) is 0. The minimum absolute atomic E-state index is 0.117. The number of nitrogens with zero attached hydrogens (tertiary/aromatic N) is 1. The largest absolute Gasteiger partial charge is 0.453 e. The zero-order chi connectivity index (χ0) is 23.2. The lowest BCUT2D eigenvalue weighted by atomic mass is 10.1. The van der Waals surface area contributed by atoms with E-state index in [2.05, 4.69) is 0 Å². The number of rotatable bonds is 7. The molecule has 3 aromatic carbocycles. The number of ketones is 1. The molecule has 0 fully saturated rings. The van der Waals surface area contributed by atoms with Gasteiger partial charge in [0, 0.05) is 23.1 Å². The Morgan fingerprint density at radius 3 is 2.30 bits per heavy atom. The van der Waals surface area contributed by atoms with Crippen LogP contribution in [0, 0.1) is 10.1 Å². The average molecular weight is 439 g/mol. The number of hydrogen-bond donors (Lipinski definition) is 0. The third-order valence-electron chi connectivity index (χ3n) is 4.74. The van der Waals surface area contributed by atoms with E-state index >= 15 is 0 Å². The second-order valence-corrected chi connectivity index (χ2v) is 6.95. The van der Waals surface area contributed by atoms with Crippen LogP contribution in [0.15, 0.2) is 95.4 Å². The molecule has 0 unspecified atom stereocenters. The van der Waals surface area contributed by atoms with E-state index in [1.807, 2.05) is 18.2 Å². The number of carbonyl (C=O) groups excluding carboxylic acids is 2. The van der Waals surface area contributed by atoms with Gasteiger partial charge in [-0.15, -0.1) is 0 Å². The molecule has 0 spiro atoms. The Morgan fingerprint density at radius 2 is 1.52 bits per heavy atom. The Balaban J connectivity index is 1.49. The molecule has 4 aromatic rings. The summed E-state index contributed by atoms with van der Waals surface area (Å²) in [4.78, 5) is 35.4. The van der Waals surface area contributed by atoms with Crippen LogP contribution in [-0.4, -0.2) is 16.7 Å². The van der Waals surface area contributed by atoms with Crippen LogP contribution in [0.25, 0.3) is 23.1 Å². The van der Waals surface area contributed by atoms with E-state index in [1.54, 1.807) is 48.5 Å². The van der Waals surface area contributed by atoms with Crippen molar-refractivity contribution in [1.29, 1.82) is 0 Å². The van der Waals surface area contributed by atoms with Crippen LogP contribution in [0.4, 0.5) is 5.69 Å². The molecule has 7 nitrogen and oxygen atoms in total. The van der Waals surface area contributed by atoms with Crippen LogP contribution in [0.1, 0.15) is 21.7 Å². The number of esters is 1. The zero-order valence-electron chi connectivity index (χ0n) is 17.2. The molecule has 1 heterocycles. The number of fused-ring (bicyclic) bond motifs is 1. The number of para-hydroxylation sites is 3. The van der Waals surface area contributed by atoms with Gasteiger partial charge in [0.05, 0.1) is 10.5 Å². The van der Waals surface area contributed by atoms with E-state index in [9.17, 15) is 19.7 Å². The highest BCUT2D eigenvalue weighted by atomic mass is 16.6. The molecule has 0 aliphatic carbocycles. The minimum atomic E-state index is -0.711. The fourth-order valence-corrected chi connectivity index (χ4v) is 3.16. The third-order valence-corrected chi connectivity index (χ3v) is 4.74. The van der Waals surface area contributed by atoms with Crippen molar-refractivity contribution in [3.63, 3.8) is 0 Å². The number of hydrogen-bond acceptors (Lipinski definition) is 6. The topological polar surface area (TPSA) is 99.6 Å². The highest BCUT2D eigenvalue weighted by Crippen LogP contribution is 2.23. The molecular formula is C26H17NO6. The SMILES string of the molecule is O=C(/C=C/c1ccccc1[N+](=O)[O-])Oc1ccccc1/C=C/C(=O)c1cc2ccccc2o1. The third kappa shape index (κ3) is 5.11. The molecule has 0 bridgehead atoms. The van der Waals surface area contributed by atoms with Crippen molar-refractivity contribution in [3.8, 4) is 5.75 Å². The number of benzene rings is 3. The number of allylic oxidation sites excluding steroid dienone is 1. The summed E-state index contributed by atoms with van der Waals surface area (Å²) < 4.78 is 10.9. The van der Waals surface area contributed by atoms with Crippen LogP contribution in [0.3, 0.4) is 0 Å². The number of nitro benzene ring substituents is 1. The van der Waals surface area contributed by atoms with Gasteiger partial charge >= 0.3 is 5.97 Å². The Hall–Kier alpha value is -4.78. The fourth-order valence-electron chi connectivity index (χ4n) is 3.16. The van der Waals surface area contributed by atoms with Gasteiger partial charge in [-0.1, -0.05) is 48.5 Å². The first-order chi connectivity index (χ1) is 16.0. The van der Waals surface area contributed by atoms with Crippen molar-refractivity contribution in [3.05, 3.63) is 118 Å². The summed E-state index contributed by atoms with van der Waals surface area (Å²) in [5.74, 6) is -0.598. The maximum Gasteiger partial charge on any atom is 0.336 e. The van der Waals surface area contributed by atoms with Gasteiger partial charge < -0.3 is 9.15 Å². The van der Waals surface area contributed by atoms with Crippen molar-refractivity contribution in [2.24, 2.45) is 0 Å². The molecule has 4 rings (SSSR count). The van der Waals surface area contributed by atoms with Gasteiger partial charge in [0.15, 0.2) is 5.76 Å². The fraction of sp³-hybridized carbons (Fsp3) is 0. The molecule has 0 saturated carbocycles.